The van der Waals surface area contributed by atoms with E-state index in [0.717, 1.165) is 42.6 Å². The average Bonchev–Trinajstić information content (AvgIpc) is 3.68. The minimum Gasteiger partial charge on any atom is -0.619 e. The molecule has 4 aliphatic rings. The summed E-state index contributed by atoms with van der Waals surface area (Å²) in [5, 5.41) is 23.3. The number of nitrogens with zero attached hydrogens (tertiary/aromatic N) is 4. The number of rotatable bonds is 13. The number of anilines is 1. The van der Waals surface area contributed by atoms with E-state index < -0.39 is 39.4 Å². The normalized spacial score (nSPS) is 22.3. The third kappa shape index (κ3) is 7.90. The number of aromatic nitrogens is 1. The first kappa shape index (κ1) is 41.5. The van der Waals surface area contributed by atoms with Crippen LogP contribution in [0.5, 0.6) is 11.5 Å². The molecule has 308 valence electrons. The van der Waals surface area contributed by atoms with Crippen molar-refractivity contribution in [1.82, 2.24) is 9.21 Å². The van der Waals surface area contributed by atoms with Crippen LogP contribution in [-0.4, -0.2) is 86.8 Å². The third-order valence-corrected chi connectivity index (χ3v) is 14.3. The first-order chi connectivity index (χ1) is 27.8. The largest absolute Gasteiger partial charge is 0.619 e. The van der Waals surface area contributed by atoms with E-state index in [9.17, 15) is 28.3 Å². The van der Waals surface area contributed by atoms with Crippen LogP contribution in [0.2, 0.25) is 10.0 Å². The number of aliphatic carboxylic acids is 1. The number of hydrogen-bond donors (Lipinski definition) is 1. The van der Waals surface area contributed by atoms with Crippen molar-refractivity contribution >= 4 is 51.0 Å². The summed E-state index contributed by atoms with van der Waals surface area (Å²) in [4.78, 5) is 30.7. The Bertz CT molecular complexity index is 2270. The fourth-order valence-electron chi connectivity index (χ4n) is 8.66. The van der Waals surface area contributed by atoms with Crippen LogP contribution in [0, 0.1) is 16.9 Å². The number of halogens is 3. The van der Waals surface area contributed by atoms with Gasteiger partial charge in [0.1, 0.15) is 27.5 Å². The number of piperidine rings is 3. The standard InChI is InChI=1S/C41H43Cl2FN4O9S/c1-55-36-13-10-28(20-37(36)56-2)31(21-30-32(42)23-46(52)24-33(30)43)41(39(49)50)16-5-17-48(41)58(53,54)29-11-8-26(9-12-29)22-47(35-7-4-3-6-34(35)44)40(51)57-38-25-45-18-14-27(38)15-19-45/h3-4,6-13,20,23-24,27,31,38H,5,14-19,21-22,25H2,1-2H3,(H,49,50)/t31-,38-,41-/m0/s1. The Morgan fingerprint density at radius 1 is 1.00 bits per heavy atom. The molecule has 4 saturated heterocycles. The highest BCUT2D eigenvalue weighted by Gasteiger charge is 2.58. The molecule has 4 aliphatic heterocycles. The molecule has 1 aromatic heterocycles. The molecule has 5 heterocycles. The van der Waals surface area contributed by atoms with Crippen LogP contribution >= 0.6 is 23.2 Å². The van der Waals surface area contributed by atoms with E-state index in [1.165, 1.54) is 61.6 Å². The Morgan fingerprint density at radius 2 is 1.67 bits per heavy atom. The van der Waals surface area contributed by atoms with Crippen molar-refractivity contribution in [2.24, 2.45) is 5.92 Å². The van der Waals surface area contributed by atoms with Gasteiger partial charge in [0.05, 0.1) is 31.3 Å². The van der Waals surface area contributed by atoms with Crippen molar-refractivity contribution in [3.63, 3.8) is 0 Å². The lowest BCUT2D eigenvalue weighted by atomic mass is 9.74. The van der Waals surface area contributed by atoms with E-state index in [4.69, 9.17) is 37.4 Å². The number of methoxy groups -OCH3 is 2. The molecule has 4 aromatic rings. The van der Waals surface area contributed by atoms with Crippen LogP contribution in [0.3, 0.4) is 0 Å². The molecular weight excluding hydrogens is 814 g/mol. The number of carboxylic acids is 1. The van der Waals surface area contributed by atoms with Gasteiger partial charge in [-0.3, -0.25) is 14.6 Å². The Kier molecular flexibility index (Phi) is 12.1. The zero-order valence-electron chi connectivity index (χ0n) is 31.9. The number of pyridine rings is 1. The molecule has 58 heavy (non-hydrogen) atoms. The molecule has 0 aliphatic carbocycles. The summed E-state index contributed by atoms with van der Waals surface area (Å²) >= 11 is 13.0. The molecule has 0 unspecified atom stereocenters. The molecule has 3 atom stereocenters. The molecule has 8 rings (SSSR count). The minimum absolute atomic E-state index is 0.0127. The molecule has 0 radical (unpaired) electrons. The van der Waals surface area contributed by atoms with Gasteiger partial charge >= 0.3 is 12.1 Å². The Hall–Kier alpha value is -4.67. The van der Waals surface area contributed by atoms with Gasteiger partial charge in [-0.2, -0.15) is 9.04 Å². The number of benzene rings is 3. The molecule has 0 saturated carbocycles. The van der Waals surface area contributed by atoms with Crippen LogP contribution in [0.1, 0.15) is 48.3 Å². The highest BCUT2D eigenvalue weighted by molar-refractivity contribution is 7.89. The molecule has 17 heteroatoms. The van der Waals surface area contributed by atoms with Gasteiger partial charge in [0, 0.05) is 24.6 Å². The van der Waals surface area contributed by atoms with E-state index in [2.05, 4.69) is 4.90 Å². The second-order valence-corrected chi connectivity index (χ2v) is 17.5. The van der Waals surface area contributed by atoms with E-state index in [0.29, 0.717) is 28.2 Å². The van der Waals surface area contributed by atoms with Gasteiger partial charge in [0.2, 0.25) is 10.0 Å². The van der Waals surface area contributed by atoms with Crippen molar-refractivity contribution in [2.75, 3.05) is 45.3 Å². The summed E-state index contributed by atoms with van der Waals surface area (Å²) in [7, 11) is -1.65. The number of carbonyl (C=O) groups is 2. The molecule has 1 amide bonds. The average molecular weight is 858 g/mol. The molecule has 3 aromatic carbocycles. The number of carboxylic acid groups (broad SMARTS) is 1. The first-order valence-corrected chi connectivity index (χ1v) is 21.0. The van der Waals surface area contributed by atoms with Gasteiger partial charge in [-0.15, -0.1) is 0 Å². The fourth-order valence-corrected chi connectivity index (χ4v) is 11.1. The van der Waals surface area contributed by atoms with Gasteiger partial charge in [0.25, 0.3) is 0 Å². The number of ether oxygens (including phenoxy) is 3. The monoisotopic (exact) mass is 856 g/mol. The Morgan fingerprint density at radius 3 is 2.28 bits per heavy atom. The summed E-state index contributed by atoms with van der Waals surface area (Å²) in [5.41, 5.74) is -0.907. The summed E-state index contributed by atoms with van der Waals surface area (Å²) < 4.78 is 63.0. The first-order valence-electron chi connectivity index (χ1n) is 18.9. The van der Waals surface area contributed by atoms with Crippen LogP contribution in [0.25, 0.3) is 0 Å². The topological polar surface area (TPSA) is 153 Å². The zero-order chi connectivity index (χ0) is 41.4. The number of fused-ring (bicyclic) bond motifs is 3. The summed E-state index contributed by atoms with van der Waals surface area (Å²) in [6, 6.07) is 16.4. The minimum atomic E-state index is -4.53. The summed E-state index contributed by atoms with van der Waals surface area (Å²) in [6.07, 6.45) is 2.96. The zero-order valence-corrected chi connectivity index (χ0v) is 34.2. The van der Waals surface area contributed by atoms with Crippen molar-refractivity contribution < 1.29 is 46.4 Å². The molecule has 13 nitrogen and oxygen atoms in total. The summed E-state index contributed by atoms with van der Waals surface area (Å²) in [5.74, 6) is -2.24. The molecular formula is C41H43Cl2FN4O9S. The highest BCUT2D eigenvalue weighted by Crippen LogP contribution is 2.49. The van der Waals surface area contributed by atoms with Crippen LogP contribution in [-0.2, 0) is 32.5 Å². The van der Waals surface area contributed by atoms with E-state index in [1.54, 1.807) is 24.3 Å². The SMILES string of the molecule is COc1ccc([C@H](Cc2c(Cl)c[n+]([O-])cc2Cl)[C@]2(C(=O)O)CCCN2S(=O)(=O)c2ccc(CN(C(=O)O[C@H]3CN4CCC3CC4)c3ccccc3F)cc2)cc1OC. The van der Waals surface area contributed by atoms with E-state index >= 15 is 4.39 Å². The van der Waals surface area contributed by atoms with E-state index in [1.807, 2.05) is 0 Å². The lowest BCUT2D eigenvalue weighted by molar-refractivity contribution is -0.605. The predicted molar refractivity (Wildman–Crippen MR) is 213 cm³/mol. The second kappa shape index (κ2) is 16.9. The van der Waals surface area contributed by atoms with Gasteiger partial charge < -0.3 is 24.5 Å². The predicted octanol–water partition coefficient (Wildman–Crippen LogP) is 6.65. The highest BCUT2D eigenvalue weighted by atomic mass is 35.5. The fraction of sp³-hybridized carbons (Fsp3) is 0.390. The smallest absolute Gasteiger partial charge is 0.415 e. The number of hydrogen-bond acceptors (Lipinski definition) is 9. The Labute approximate surface area is 346 Å². The summed E-state index contributed by atoms with van der Waals surface area (Å²) in [6.45, 7) is 2.26. The molecule has 1 N–H and O–H groups in total. The van der Waals surface area contributed by atoms with Crippen molar-refractivity contribution in [2.45, 2.75) is 61.1 Å². The van der Waals surface area contributed by atoms with E-state index in [-0.39, 0.29) is 76.3 Å². The van der Waals surface area contributed by atoms with Crippen LogP contribution in [0.4, 0.5) is 14.9 Å². The maximum absolute atomic E-state index is 15.2. The second-order valence-electron chi connectivity index (χ2n) is 14.8. The van der Waals surface area contributed by atoms with Gasteiger partial charge in [-0.05, 0) is 98.6 Å². The maximum atomic E-state index is 15.2. The number of carbonyl (C=O) groups excluding carboxylic acids is 1. The molecule has 0 spiro atoms. The lowest BCUT2D eigenvalue weighted by Crippen LogP contribution is -2.57. The van der Waals surface area contributed by atoms with Crippen molar-refractivity contribution in [3.05, 3.63) is 117 Å². The van der Waals surface area contributed by atoms with Crippen LogP contribution < -0.4 is 19.1 Å². The quantitative estimate of drug-likeness (QED) is 0.114. The Balaban J connectivity index is 1.22. The van der Waals surface area contributed by atoms with Gasteiger partial charge in [0.15, 0.2) is 23.9 Å². The molecule has 4 fully saturated rings. The number of sulfonamides is 1. The van der Waals surface area contributed by atoms with Gasteiger partial charge in [-0.1, -0.05) is 53.5 Å². The number of para-hydroxylation sites is 1. The maximum Gasteiger partial charge on any atom is 0.415 e. The van der Waals surface area contributed by atoms with Gasteiger partial charge in [-0.25, -0.2) is 17.6 Å². The van der Waals surface area contributed by atoms with Crippen molar-refractivity contribution in [3.8, 4) is 11.5 Å². The lowest BCUT2D eigenvalue weighted by Gasteiger charge is -2.44. The van der Waals surface area contributed by atoms with Crippen LogP contribution in [0.15, 0.2) is 84.0 Å². The van der Waals surface area contributed by atoms with Crippen molar-refractivity contribution in [1.29, 1.82) is 0 Å². The third-order valence-electron chi connectivity index (χ3n) is 11.7. The molecule has 2 bridgehead atoms. The number of amides is 1.